The lowest BCUT2D eigenvalue weighted by Crippen LogP contribution is -2.35. The second-order valence-corrected chi connectivity index (χ2v) is 3.60. The van der Waals surface area contributed by atoms with Crippen LogP contribution in [0, 0.1) is 0 Å². The summed E-state index contributed by atoms with van der Waals surface area (Å²) in [6, 6.07) is 0. The van der Waals surface area contributed by atoms with E-state index >= 15 is 0 Å². The number of ether oxygens (including phenoxy) is 1. The maximum Gasteiger partial charge on any atom is 0.221 e. The topological polar surface area (TPSA) is 58.6 Å². The first-order chi connectivity index (χ1) is 7.61. The van der Waals surface area contributed by atoms with Crippen LogP contribution in [-0.4, -0.2) is 50.1 Å². The van der Waals surface area contributed by atoms with Crippen LogP contribution in [0.4, 0.5) is 0 Å². The molecule has 0 aromatic heterocycles. The van der Waals surface area contributed by atoms with Gasteiger partial charge in [0.1, 0.15) is 0 Å². The van der Waals surface area contributed by atoms with E-state index < -0.39 is 0 Å². The van der Waals surface area contributed by atoms with Crippen LogP contribution in [0.15, 0.2) is 0 Å². The molecule has 0 heterocycles. The molecule has 16 heavy (non-hydrogen) atoms. The van der Waals surface area contributed by atoms with Crippen LogP contribution in [0.3, 0.4) is 0 Å². The number of hydrogen-bond acceptors (Lipinski definition) is 3. The molecule has 0 bridgehead atoms. The predicted octanol–water partition coefficient (Wildman–Crippen LogP) is 0.398. The fourth-order valence-corrected chi connectivity index (χ4v) is 1.31. The van der Waals surface area contributed by atoms with Crippen molar-refractivity contribution in [2.24, 2.45) is 0 Å². The predicted molar refractivity (Wildman–Crippen MR) is 62.0 cm³/mol. The minimum absolute atomic E-state index is 0.0199. The fraction of sp³-hybridized carbons (Fsp3) is 0.818. The number of hydrogen-bond donors (Lipinski definition) is 1. The fourth-order valence-electron chi connectivity index (χ4n) is 1.31. The molecule has 0 aromatic carbocycles. The molecule has 1 N–H and O–H groups in total. The lowest BCUT2D eigenvalue weighted by molar-refractivity contribution is -0.129. The number of carbonyl (C=O) groups excluding carboxylic acids is 2. The minimum atomic E-state index is -0.0422. The van der Waals surface area contributed by atoms with Crippen molar-refractivity contribution in [1.29, 1.82) is 0 Å². The Morgan fingerprint density at radius 3 is 2.50 bits per heavy atom. The Kier molecular flexibility index (Phi) is 8.52. The zero-order chi connectivity index (χ0) is 12.4. The van der Waals surface area contributed by atoms with E-state index in [1.54, 1.807) is 12.0 Å². The Morgan fingerprint density at radius 2 is 2.00 bits per heavy atom. The van der Waals surface area contributed by atoms with Crippen molar-refractivity contribution in [3.05, 3.63) is 0 Å². The average molecular weight is 230 g/mol. The number of amides is 2. The largest absolute Gasteiger partial charge is 0.383 e. The van der Waals surface area contributed by atoms with Gasteiger partial charge in [-0.25, -0.2) is 0 Å². The highest BCUT2D eigenvalue weighted by molar-refractivity contribution is 5.77. The molecule has 0 aliphatic heterocycles. The van der Waals surface area contributed by atoms with E-state index in [-0.39, 0.29) is 11.8 Å². The van der Waals surface area contributed by atoms with Gasteiger partial charge in [-0.05, 0) is 6.42 Å². The Bertz CT molecular complexity index is 219. The molecular formula is C11H22N2O3. The number of rotatable bonds is 8. The summed E-state index contributed by atoms with van der Waals surface area (Å²) in [7, 11) is 1.59. The van der Waals surface area contributed by atoms with Crippen LogP contribution < -0.4 is 5.32 Å². The molecule has 0 rings (SSSR count). The van der Waals surface area contributed by atoms with Crippen molar-refractivity contribution in [1.82, 2.24) is 10.2 Å². The zero-order valence-electron chi connectivity index (χ0n) is 10.4. The lowest BCUT2D eigenvalue weighted by atomic mass is 10.3. The van der Waals surface area contributed by atoms with Gasteiger partial charge in [0.25, 0.3) is 0 Å². The van der Waals surface area contributed by atoms with Gasteiger partial charge in [-0.1, -0.05) is 6.92 Å². The minimum Gasteiger partial charge on any atom is -0.383 e. The van der Waals surface area contributed by atoms with Gasteiger partial charge in [0.05, 0.1) is 6.61 Å². The smallest absolute Gasteiger partial charge is 0.221 e. The molecule has 0 spiro atoms. The van der Waals surface area contributed by atoms with E-state index in [0.29, 0.717) is 32.7 Å². The normalized spacial score (nSPS) is 9.94. The van der Waals surface area contributed by atoms with Crippen molar-refractivity contribution in [2.75, 3.05) is 33.4 Å². The Hall–Kier alpha value is -1.10. The Balaban J connectivity index is 3.74. The third-order valence-corrected chi connectivity index (χ3v) is 2.18. The first-order valence-corrected chi connectivity index (χ1v) is 5.63. The number of nitrogens with zero attached hydrogens (tertiary/aromatic N) is 1. The molecular weight excluding hydrogens is 208 g/mol. The van der Waals surface area contributed by atoms with E-state index in [2.05, 4.69) is 5.32 Å². The average Bonchev–Trinajstić information content (AvgIpc) is 2.24. The van der Waals surface area contributed by atoms with Crippen molar-refractivity contribution >= 4 is 11.8 Å². The van der Waals surface area contributed by atoms with Crippen molar-refractivity contribution in [2.45, 2.75) is 26.7 Å². The van der Waals surface area contributed by atoms with Crippen LogP contribution in [-0.2, 0) is 14.3 Å². The van der Waals surface area contributed by atoms with Gasteiger partial charge in [-0.2, -0.15) is 0 Å². The highest BCUT2D eigenvalue weighted by Crippen LogP contribution is 1.95. The second-order valence-electron chi connectivity index (χ2n) is 3.60. The van der Waals surface area contributed by atoms with Gasteiger partial charge in [0.2, 0.25) is 11.8 Å². The molecule has 0 fully saturated rings. The van der Waals surface area contributed by atoms with E-state index in [1.165, 1.54) is 6.92 Å². The van der Waals surface area contributed by atoms with Gasteiger partial charge >= 0.3 is 0 Å². The summed E-state index contributed by atoms with van der Waals surface area (Å²) in [6.45, 7) is 5.76. The van der Waals surface area contributed by atoms with Crippen molar-refractivity contribution in [3.8, 4) is 0 Å². The maximum absolute atomic E-state index is 11.3. The standard InChI is InChI=1S/C11H22N2O3/c1-4-7-13(10(2)14)8-5-11(15)12-6-9-16-3/h4-9H2,1-3H3,(H,12,15). The molecule has 0 atom stereocenters. The van der Waals surface area contributed by atoms with Gasteiger partial charge in [-0.3, -0.25) is 9.59 Å². The van der Waals surface area contributed by atoms with E-state index in [0.717, 1.165) is 6.42 Å². The molecule has 0 aromatic rings. The van der Waals surface area contributed by atoms with Crippen LogP contribution in [0.1, 0.15) is 26.7 Å². The highest BCUT2D eigenvalue weighted by atomic mass is 16.5. The zero-order valence-corrected chi connectivity index (χ0v) is 10.4. The molecule has 0 unspecified atom stereocenters. The number of methoxy groups -OCH3 is 1. The van der Waals surface area contributed by atoms with Crippen molar-refractivity contribution in [3.63, 3.8) is 0 Å². The van der Waals surface area contributed by atoms with Crippen molar-refractivity contribution < 1.29 is 14.3 Å². The summed E-state index contributed by atoms with van der Waals surface area (Å²) in [5.74, 6) is -0.0223. The molecule has 5 nitrogen and oxygen atoms in total. The van der Waals surface area contributed by atoms with E-state index in [1.807, 2.05) is 6.92 Å². The third kappa shape index (κ3) is 7.23. The Labute approximate surface area is 97.1 Å². The summed E-state index contributed by atoms with van der Waals surface area (Å²) in [5, 5.41) is 2.72. The van der Waals surface area contributed by atoms with E-state index in [4.69, 9.17) is 4.74 Å². The maximum atomic E-state index is 11.3. The molecule has 5 heteroatoms. The first kappa shape index (κ1) is 14.9. The summed E-state index contributed by atoms with van der Waals surface area (Å²) < 4.78 is 4.82. The molecule has 2 amide bonds. The molecule has 0 saturated carbocycles. The van der Waals surface area contributed by atoms with Crippen LogP contribution in [0.5, 0.6) is 0 Å². The summed E-state index contributed by atoms with van der Waals surface area (Å²) in [4.78, 5) is 24.2. The quantitative estimate of drug-likeness (QED) is 0.614. The highest BCUT2D eigenvalue weighted by Gasteiger charge is 2.09. The van der Waals surface area contributed by atoms with Crippen LogP contribution in [0.25, 0.3) is 0 Å². The van der Waals surface area contributed by atoms with Gasteiger partial charge in [0.15, 0.2) is 0 Å². The van der Waals surface area contributed by atoms with Gasteiger partial charge in [-0.15, -0.1) is 0 Å². The second kappa shape index (κ2) is 9.15. The lowest BCUT2D eigenvalue weighted by Gasteiger charge is -2.19. The van der Waals surface area contributed by atoms with Gasteiger partial charge in [0, 0.05) is 40.1 Å². The first-order valence-electron chi connectivity index (χ1n) is 5.63. The Morgan fingerprint density at radius 1 is 1.31 bits per heavy atom. The molecule has 0 aliphatic rings. The van der Waals surface area contributed by atoms with Crippen LogP contribution >= 0.6 is 0 Å². The van der Waals surface area contributed by atoms with Crippen LogP contribution in [0.2, 0.25) is 0 Å². The summed E-state index contributed by atoms with van der Waals surface area (Å²) in [6.07, 6.45) is 1.26. The van der Waals surface area contributed by atoms with E-state index in [9.17, 15) is 9.59 Å². The number of carbonyl (C=O) groups is 2. The summed E-state index contributed by atoms with van der Waals surface area (Å²) in [5.41, 5.74) is 0. The SMILES string of the molecule is CCCN(CCC(=O)NCCOC)C(C)=O. The number of nitrogens with one attached hydrogen (secondary N) is 1. The molecule has 0 radical (unpaired) electrons. The van der Waals surface area contributed by atoms with Gasteiger partial charge < -0.3 is 15.0 Å². The molecule has 94 valence electrons. The molecule has 0 saturated heterocycles. The monoisotopic (exact) mass is 230 g/mol. The molecule has 0 aliphatic carbocycles. The summed E-state index contributed by atoms with van der Waals surface area (Å²) >= 11 is 0. The third-order valence-electron chi connectivity index (χ3n) is 2.18.